The Kier molecular flexibility index (Phi) is 46.9. The van der Waals surface area contributed by atoms with Gasteiger partial charge in [0, 0.05) is 12.8 Å². The van der Waals surface area contributed by atoms with Gasteiger partial charge in [-0.2, -0.15) is 0 Å². The molecule has 0 spiro atoms. The molecular formula is C55H109NO8P+. The summed E-state index contributed by atoms with van der Waals surface area (Å²) in [5.74, 6) is -0.781. The number of hydrogen-bond acceptors (Lipinski definition) is 7. The topological polar surface area (TPSA) is 108 Å². The molecule has 10 heteroatoms. The number of nitrogens with zero attached hydrogens (tertiary/aromatic N) is 1. The Morgan fingerprint density at radius 1 is 0.462 bits per heavy atom. The van der Waals surface area contributed by atoms with Crippen LogP contribution in [0.2, 0.25) is 0 Å². The number of quaternary nitrogens is 1. The highest BCUT2D eigenvalue weighted by Crippen LogP contribution is 2.43. The molecule has 0 aromatic heterocycles. The Morgan fingerprint density at radius 3 is 1.14 bits per heavy atom. The summed E-state index contributed by atoms with van der Waals surface area (Å²) >= 11 is 0. The summed E-state index contributed by atoms with van der Waals surface area (Å²) in [5.41, 5.74) is 0. The third kappa shape index (κ3) is 52.0. The minimum atomic E-state index is -4.38. The number of allylic oxidation sites excluding steroid dienone is 2. The van der Waals surface area contributed by atoms with Crippen LogP contribution in [-0.4, -0.2) is 74.9 Å². The fourth-order valence-corrected chi connectivity index (χ4v) is 8.93. The summed E-state index contributed by atoms with van der Waals surface area (Å²) in [5, 5.41) is 0. The van der Waals surface area contributed by atoms with Crippen molar-refractivity contribution in [2.24, 2.45) is 0 Å². The molecule has 386 valence electrons. The number of rotatable bonds is 52. The number of phosphoric acid groups is 1. The molecule has 0 bridgehead atoms. The SMILES string of the molecule is CCCCCCCCCC/C=C\CCCCCCCCCCCCCC(=O)OC(COC(=O)CCCCCCCCCCCCCCCCCCCC)COP(=O)(O)OCC[N+](C)(C)C. The molecule has 9 nitrogen and oxygen atoms in total. The number of hydrogen-bond donors (Lipinski definition) is 1. The van der Waals surface area contributed by atoms with Gasteiger partial charge in [-0.05, 0) is 38.5 Å². The van der Waals surface area contributed by atoms with E-state index in [0.29, 0.717) is 23.9 Å². The van der Waals surface area contributed by atoms with Gasteiger partial charge in [0.15, 0.2) is 6.10 Å². The standard InChI is InChI=1S/C55H108NO8P/c1-6-8-10-12-14-16-18-20-22-24-26-27-28-29-30-32-34-36-38-40-42-44-46-48-55(58)64-53(52-63-65(59,60)62-50-49-56(3,4)5)51-61-54(57)47-45-43-41-39-37-35-33-31-25-23-21-19-17-15-13-11-9-7-2/h24,26,53H,6-23,25,27-52H2,1-5H3/p+1/b26-24-. The Hall–Kier alpha value is -1.25. The van der Waals surface area contributed by atoms with Gasteiger partial charge < -0.3 is 18.9 Å². The van der Waals surface area contributed by atoms with Crippen molar-refractivity contribution < 1.29 is 42.1 Å². The number of phosphoric ester groups is 1. The Bertz CT molecular complexity index is 1110. The number of carbonyl (C=O) groups is 2. The van der Waals surface area contributed by atoms with Crippen molar-refractivity contribution in [1.29, 1.82) is 0 Å². The summed E-state index contributed by atoms with van der Waals surface area (Å²) in [6.45, 7) is 4.49. The lowest BCUT2D eigenvalue weighted by atomic mass is 10.0. The van der Waals surface area contributed by atoms with Gasteiger partial charge in [0.2, 0.25) is 0 Å². The van der Waals surface area contributed by atoms with Gasteiger partial charge >= 0.3 is 19.8 Å². The van der Waals surface area contributed by atoms with Crippen LogP contribution in [0.15, 0.2) is 12.2 Å². The van der Waals surface area contributed by atoms with Gasteiger partial charge in [-0.25, -0.2) is 4.57 Å². The van der Waals surface area contributed by atoms with Gasteiger partial charge in [-0.1, -0.05) is 238 Å². The van der Waals surface area contributed by atoms with Gasteiger partial charge in [-0.3, -0.25) is 18.6 Å². The van der Waals surface area contributed by atoms with E-state index in [4.69, 9.17) is 18.5 Å². The summed E-state index contributed by atoms with van der Waals surface area (Å²) in [7, 11) is 1.49. The Balaban J connectivity index is 4.15. The number of carbonyl (C=O) groups excluding carboxylic acids is 2. The third-order valence-corrected chi connectivity index (χ3v) is 13.5. The summed E-state index contributed by atoms with van der Waals surface area (Å²) < 4.78 is 34.5. The van der Waals surface area contributed by atoms with Gasteiger partial charge in [0.25, 0.3) is 0 Å². The molecule has 0 aliphatic heterocycles. The van der Waals surface area contributed by atoms with Crippen LogP contribution in [0.1, 0.15) is 277 Å². The lowest BCUT2D eigenvalue weighted by molar-refractivity contribution is -0.870. The predicted octanol–water partition coefficient (Wildman–Crippen LogP) is 16.9. The first-order valence-electron chi connectivity index (χ1n) is 27.9. The van der Waals surface area contributed by atoms with E-state index in [1.54, 1.807) is 0 Å². The van der Waals surface area contributed by atoms with Gasteiger partial charge in [0.1, 0.15) is 19.8 Å². The molecule has 0 aromatic rings. The van der Waals surface area contributed by atoms with Crippen molar-refractivity contribution >= 4 is 19.8 Å². The highest BCUT2D eigenvalue weighted by molar-refractivity contribution is 7.47. The number of unbranched alkanes of at least 4 members (excludes halogenated alkanes) is 36. The summed E-state index contributed by atoms with van der Waals surface area (Å²) in [6, 6.07) is 0. The predicted molar refractivity (Wildman–Crippen MR) is 275 cm³/mol. The molecule has 0 aliphatic rings. The lowest BCUT2D eigenvalue weighted by Gasteiger charge is -2.24. The van der Waals surface area contributed by atoms with Crippen LogP contribution in [-0.2, 0) is 32.7 Å². The van der Waals surface area contributed by atoms with Crippen molar-refractivity contribution in [3.05, 3.63) is 12.2 Å². The van der Waals surface area contributed by atoms with Crippen LogP contribution in [0.3, 0.4) is 0 Å². The molecule has 0 heterocycles. The molecule has 0 fully saturated rings. The molecular weight excluding hydrogens is 834 g/mol. The van der Waals surface area contributed by atoms with Crippen molar-refractivity contribution in [3.63, 3.8) is 0 Å². The summed E-state index contributed by atoms with van der Waals surface area (Å²) in [6.07, 6.45) is 54.1. The smallest absolute Gasteiger partial charge is 0.462 e. The van der Waals surface area contributed by atoms with Crippen LogP contribution < -0.4 is 0 Å². The molecule has 1 N–H and O–H groups in total. The minimum Gasteiger partial charge on any atom is -0.462 e. The first-order chi connectivity index (χ1) is 31.5. The zero-order chi connectivity index (χ0) is 47.8. The molecule has 2 unspecified atom stereocenters. The normalized spacial score (nSPS) is 13.4. The van der Waals surface area contributed by atoms with Crippen LogP contribution in [0.25, 0.3) is 0 Å². The number of likely N-dealkylation sites (N-methyl/N-ethyl adjacent to an activating group) is 1. The van der Waals surface area contributed by atoms with Crippen molar-refractivity contribution in [2.75, 3.05) is 47.5 Å². The number of esters is 2. The molecule has 0 saturated carbocycles. The molecule has 0 amide bonds. The summed E-state index contributed by atoms with van der Waals surface area (Å²) in [4.78, 5) is 35.6. The molecule has 0 aromatic carbocycles. The fraction of sp³-hybridized carbons (Fsp3) is 0.927. The second kappa shape index (κ2) is 47.8. The van der Waals surface area contributed by atoms with E-state index in [1.165, 1.54) is 212 Å². The van der Waals surface area contributed by atoms with E-state index in [1.807, 2.05) is 21.1 Å². The molecule has 0 rings (SSSR count). The second-order valence-corrected chi connectivity index (χ2v) is 21.8. The van der Waals surface area contributed by atoms with E-state index in [2.05, 4.69) is 26.0 Å². The van der Waals surface area contributed by atoms with Crippen molar-refractivity contribution in [1.82, 2.24) is 0 Å². The van der Waals surface area contributed by atoms with E-state index >= 15 is 0 Å². The first-order valence-corrected chi connectivity index (χ1v) is 29.4. The average Bonchev–Trinajstić information content (AvgIpc) is 3.26. The van der Waals surface area contributed by atoms with Crippen molar-refractivity contribution in [3.8, 4) is 0 Å². The van der Waals surface area contributed by atoms with E-state index < -0.39 is 26.5 Å². The second-order valence-electron chi connectivity index (χ2n) is 20.3. The quantitative estimate of drug-likeness (QED) is 0.0211. The molecule has 65 heavy (non-hydrogen) atoms. The molecule has 2 atom stereocenters. The Labute approximate surface area is 403 Å². The third-order valence-electron chi connectivity index (χ3n) is 12.5. The van der Waals surface area contributed by atoms with Crippen molar-refractivity contribution in [2.45, 2.75) is 283 Å². The highest BCUT2D eigenvalue weighted by Gasteiger charge is 2.27. The van der Waals surface area contributed by atoms with E-state index in [-0.39, 0.29) is 25.6 Å². The zero-order valence-corrected chi connectivity index (χ0v) is 44.6. The zero-order valence-electron chi connectivity index (χ0n) is 43.8. The van der Waals surface area contributed by atoms with Gasteiger partial charge in [0.05, 0.1) is 27.7 Å². The average molecular weight is 943 g/mol. The maximum Gasteiger partial charge on any atom is 0.472 e. The molecule has 0 aliphatic carbocycles. The van der Waals surface area contributed by atoms with Crippen LogP contribution >= 0.6 is 7.82 Å². The maximum atomic E-state index is 12.8. The van der Waals surface area contributed by atoms with Crippen LogP contribution in [0.4, 0.5) is 0 Å². The number of ether oxygens (including phenoxy) is 2. The Morgan fingerprint density at radius 2 is 0.785 bits per heavy atom. The first kappa shape index (κ1) is 63.8. The van der Waals surface area contributed by atoms with E-state index in [0.717, 1.165) is 32.1 Å². The fourth-order valence-electron chi connectivity index (χ4n) is 8.19. The van der Waals surface area contributed by atoms with Gasteiger partial charge in [-0.15, -0.1) is 0 Å². The molecule has 0 saturated heterocycles. The minimum absolute atomic E-state index is 0.0354. The largest absolute Gasteiger partial charge is 0.472 e. The van der Waals surface area contributed by atoms with Crippen LogP contribution in [0.5, 0.6) is 0 Å². The van der Waals surface area contributed by atoms with Crippen LogP contribution in [0, 0.1) is 0 Å². The molecule has 0 radical (unpaired) electrons. The van der Waals surface area contributed by atoms with E-state index in [9.17, 15) is 19.0 Å². The highest BCUT2D eigenvalue weighted by atomic mass is 31.2. The lowest BCUT2D eigenvalue weighted by Crippen LogP contribution is -2.37. The monoisotopic (exact) mass is 943 g/mol. The maximum absolute atomic E-state index is 12.8.